The molecule has 0 atom stereocenters. The molecule has 4 heteroatoms. The van der Waals surface area contributed by atoms with Crippen molar-refractivity contribution in [3.05, 3.63) is 29.6 Å². The van der Waals surface area contributed by atoms with Crippen LogP contribution < -0.4 is 4.90 Å². The first kappa shape index (κ1) is 15.4. The minimum absolute atomic E-state index is 0.157. The molecule has 0 heterocycles. The number of hydrogen-bond donors (Lipinski definition) is 0. The summed E-state index contributed by atoms with van der Waals surface area (Å²) in [5.74, 6) is 0.365. The highest BCUT2D eigenvalue weighted by Gasteiger charge is 2.14. The van der Waals surface area contributed by atoms with E-state index in [9.17, 15) is 4.39 Å². The molecule has 0 aliphatic heterocycles. The maximum absolute atomic E-state index is 13.8. The number of halogens is 2. The largest absolute Gasteiger partial charge is 0.383 e. The molecular weight excluding hydrogens is 297 g/mol. The molecule has 0 bridgehead atoms. The monoisotopic (exact) mass is 317 g/mol. The second-order valence-corrected chi connectivity index (χ2v) is 5.26. The zero-order valence-corrected chi connectivity index (χ0v) is 12.8. The number of benzene rings is 1. The van der Waals surface area contributed by atoms with Gasteiger partial charge in [-0.1, -0.05) is 35.8 Å². The van der Waals surface area contributed by atoms with Gasteiger partial charge in [-0.3, -0.25) is 0 Å². The summed E-state index contributed by atoms with van der Waals surface area (Å²) in [6.45, 7) is 6.63. The first-order valence-electron chi connectivity index (χ1n) is 6.17. The van der Waals surface area contributed by atoms with Crippen LogP contribution in [0.15, 0.2) is 18.2 Å². The maximum atomic E-state index is 13.8. The van der Waals surface area contributed by atoms with Crippen LogP contribution in [0.25, 0.3) is 0 Å². The van der Waals surface area contributed by atoms with Crippen molar-refractivity contribution in [2.75, 3.05) is 31.7 Å². The van der Waals surface area contributed by atoms with Gasteiger partial charge in [-0.05, 0) is 18.1 Å². The SMILES string of the molecule is COCCN(CC(C)C)c1cccc(F)c1CBr. The molecule has 0 N–H and O–H groups in total. The second kappa shape index (κ2) is 7.74. The summed E-state index contributed by atoms with van der Waals surface area (Å²) in [7, 11) is 1.69. The van der Waals surface area contributed by atoms with Gasteiger partial charge in [0.05, 0.1) is 6.61 Å². The normalized spacial score (nSPS) is 11.0. The van der Waals surface area contributed by atoms with Crippen molar-refractivity contribution in [2.45, 2.75) is 19.2 Å². The molecule has 1 aromatic rings. The summed E-state index contributed by atoms with van der Waals surface area (Å²) in [5, 5.41) is 0.524. The number of anilines is 1. The fraction of sp³-hybridized carbons (Fsp3) is 0.571. The predicted octanol–water partition coefficient (Wildman–Crippen LogP) is 3.83. The average Bonchev–Trinajstić information content (AvgIpc) is 2.33. The van der Waals surface area contributed by atoms with Crippen molar-refractivity contribution in [3.8, 4) is 0 Å². The molecule has 18 heavy (non-hydrogen) atoms. The van der Waals surface area contributed by atoms with E-state index in [1.165, 1.54) is 6.07 Å². The standard InChI is InChI=1S/C14H21BrFNO/c1-11(2)10-17(7-8-18-3)14-6-4-5-13(16)12(14)9-15/h4-6,11H,7-10H2,1-3H3. The highest BCUT2D eigenvalue weighted by Crippen LogP contribution is 2.26. The van der Waals surface area contributed by atoms with E-state index in [0.717, 1.165) is 18.8 Å². The molecule has 1 aromatic carbocycles. The van der Waals surface area contributed by atoms with Gasteiger partial charge in [-0.15, -0.1) is 0 Å². The molecule has 0 saturated carbocycles. The lowest BCUT2D eigenvalue weighted by Gasteiger charge is -2.28. The molecule has 0 saturated heterocycles. The minimum atomic E-state index is -0.157. The average molecular weight is 318 g/mol. The Morgan fingerprint density at radius 2 is 2.11 bits per heavy atom. The van der Waals surface area contributed by atoms with Gasteiger partial charge in [-0.2, -0.15) is 0 Å². The van der Waals surface area contributed by atoms with Crippen LogP contribution in [0.2, 0.25) is 0 Å². The molecule has 0 aromatic heterocycles. The molecular formula is C14H21BrFNO. The Morgan fingerprint density at radius 1 is 1.39 bits per heavy atom. The highest BCUT2D eigenvalue weighted by molar-refractivity contribution is 9.08. The Bertz CT molecular complexity index is 371. The summed E-state index contributed by atoms with van der Waals surface area (Å²) in [6, 6.07) is 5.23. The third-order valence-corrected chi connectivity index (χ3v) is 3.28. The lowest BCUT2D eigenvalue weighted by Crippen LogP contribution is -2.31. The van der Waals surface area contributed by atoms with Crippen molar-refractivity contribution in [2.24, 2.45) is 5.92 Å². The highest BCUT2D eigenvalue weighted by atomic mass is 79.9. The van der Waals surface area contributed by atoms with Crippen LogP contribution in [0.1, 0.15) is 19.4 Å². The minimum Gasteiger partial charge on any atom is -0.383 e. The number of nitrogens with zero attached hydrogens (tertiary/aromatic N) is 1. The molecule has 2 nitrogen and oxygen atoms in total. The van der Waals surface area contributed by atoms with Crippen LogP contribution in [-0.2, 0) is 10.1 Å². The van der Waals surface area contributed by atoms with E-state index < -0.39 is 0 Å². The van der Waals surface area contributed by atoms with E-state index >= 15 is 0 Å². The van der Waals surface area contributed by atoms with Crippen molar-refractivity contribution in [1.82, 2.24) is 0 Å². The smallest absolute Gasteiger partial charge is 0.129 e. The summed E-state index contributed by atoms with van der Waals surface area (Å²) in [6.07, 6.45) is 0. The Labute approximate surface area is 117 Å². The quantitative estimate of drug-likeness (QED) is 0.709. The van der Waals surface area contributed by atoms with E-state index in [1.54, 1.807) is 13.2 Å². The van der Waals surface area contributed by atoms with Gasteiger partial charge >= 0.3 is 0 Å². The molecule has 102 valence electrons. The maximum Gasteiger partial charge on any atom is 0.129 e. The first-order chi connectivity index (χ1) is 8.60. The Morgan fingerprint density at radius 3 is 2.67 bits per heavy atom. The van der Waals surface area contributed by atoms with Gasteiger partial charge in [0.25, 0.3) is 0 Å². The lowest BCUT2D eigenvalue weighted by atomic mass is 10.1. The van der Waals surface area contributed by atoms with Crippen molar-refractivity contribution in [3.63, 3.8) is 0 Å². The number of hydrogen-bond acceptors (Lipinski definition) is 2. The molecule has 0 aliphatic carbocycles. The third kappa shape index (κ3) is 4.25. The molecule has 0 spiro atoms. The summed E-state index contributed by atoms with van der Waals surface area (Å²) >= 11 is 3.36. The Kier molecular flexibility index (Phi) is 6.65. The van der Waals surface area contributed by atoms with Gasteiger partial charge in [-0.25, -0.2) is 4.39 Å². The molecule has 0 aliphatic rings. The first-order valence-corrected chi connectivity index (χ1v) is 7.29. The van der Waals surface area contributed by atoms with Crippen molar-refractivity contribution < 1.29 is 9.13 Å². The molecule has 0 fully saturated rings. The van der Waals surface area contributed by atoms with Gasteiger partial charge in [0.15, 0.2) is 0 Å². The van der Waals surface area contributed by atoms with Crippen LogP contribution >= 0.6 is 15.9 Å². The van der Waals surface area contributed by atoms with Crippen molar-refractivity contribution in [1.29, 1.82) is 0 Å². The van der Waals surface area contributed by atoms with Gasteiger partial charge < -0.3 is 9.64 Å². The number of alkyl halides is 1. The lowest BCUT2D eigenvalue weighted by molar-refractivity contribution is 0.204. The van der Waals surface area contributed by atoms with Crippen LogP contribution in [0.5, 0.6) is 0 Å². The predicted molar refractivity (Wildman–Crippen MR) is 78.0 cm³/mol. The fourth-order valence-electron chi connectivity index (χ4n) is 1.93. The van der Waals surface area contributed by atoms with Crippen LogP contribution in [0, 0.1) is 11.7 Å². The van der Waals surface area contributed by atoms with Crippen molar-refractivity contribution >= 4 is 21.6 Å². The number of rotatable bonds is 7. The fourth-order valence-corrected chi connectivity index (χ4v) is 2.48. The van der Waals surface area contributed by atoms with E-state index in [1.807, 2.05) is 6.07 Å². The summed E-state index contributed by atoms with van der Waals surface area (Å²) < 4.78 is 18.9. The van der Waals surface area contributed by atoms with E-state index in [2.05, 4.69) is 34.7 Å². The van der Waals surface area contributed by atoms with Crippen LogP contribution in [0.3, 0.4) is 0 Å². The molecule has 1 rings (SSSR count). The van der Waals surface area contributed by atoms with Gasteiger partial charge in [0, 0.05) is 36.8 Å². The van der Waals surface area contributed by atoms with Crippen LogP contribution in [0.4, 0.5) is 10.1 Å². The molecule has 0 radical (unpaired) electrons. The molecule has 0 unspecified atom stereocenters. The second-order valence-electron chi connectivity index (χ2n) is 4.70. The summed E-state index contributed by atoms with van der Waals surface area (Å²) in [5.41, 5.74) is 1.67. The third-order valence-electron chi connectivity index (χ3n) is 2.72. The topological polar surface area (TPSA) is 12.5 Å². The van der Waals surface area contributed by atoms with E-state index in [4.69, 9.17) is 4.74 Å². The van der Waals surface area contributed by atoms with Gasteiger partial charge in [0.1, 0.15) is 5.82 Å². The van der Waals surface area contributed by atoms with Gasteiger partial charge in [0.2, 0.25) is 0 Å². The number of methoxy groups -OCH3 is 1. The van der Waals surface area contributed by atoms with Crippen LogP contribution in [-0.4, -0.2) is 26.8 Å². The Balaban J connectivity index is 2.99. The zero-order chi connectivity index (χ0) is 13.5. The summed E-state index contributed by atoms with van der Waals surface area (Å²) in [4.78, 5) is 2.19. The number of ether oxygens (including phenoxy) is 1. The Hall–Kier alpha value is -0.610. The van der Waals surface area contributed by atoms with E-state index in [-0.39, 0.29) is 5.82 Å². The molecule has 0 amide bonds. The van der Waals surface area contributed by atoms with E-state index in [0.29, 0.717) is 23.4 Å². The zero-order valence-electron chi connectivity index (χ0n) is 11.2.